The average molecular weight is 390 g/mol. The topological polar surface area (TPSA) is 101 Å². The van der Waals surface area contributed by atoms with Gasteiger partial charge in [0.25, 0.3) is 0 Å². The number of nitrogens with one attached hydrogen (secondary N) is 2. The summed E-state index contributed by atoms with van der Waals surface area (Å²) in [6.07, 6.45) is 6.40. The van der Waals surface area contributed by atoms with Crippen molar-refractivity contribution in [1.82, 2.24) is 9.88 Å². The number of urea groups is 1. The Morgan fingerprint density at radius 3 is 2.56 bits per heavy atom. The Morgan fingerprint density at radius 1 is 1.26 bits per heavy atom. The molecule has 0 spiro atoms. The van der Waals surface area contributed by atoms with Crippen molar-refractivity contribution < 1.29 is 17.9 Å². The van der Waals surface area contributed by atoms with E-state index < -0.39 is 10.0 Å². The molecule has 1 aliphatic rings. The summed E-state index contributed by atoms with van der Waals surface area (Å²) in [5.74, 6) is 0.370. The summed E-state index contributed by atoms with van der Waals surface area (Å²) in [5.41, 5.74) is 1.75. The molecule has 144 valence electrons. The van der Waals surface area contributed by atoms with Crippen molar-refractivity contribution in [3.8, 4) is 5.75 Å². The van der Waals surface area contributed by atoms with E-state index in [4.69, 9.17) is 4.74 Å². The SMILES string of the molecule is COc1ccc(NC(=O)N(Cc2ccncc2)C2CC2)cc1NS(C)(=O)=O. The van der Waals surface area contributed by atoms with Gasteiger partial charge in [-0.05, 0) is 48.7 Å². The van der Waals surface area contributed by atoms with E-state index in [-0.39, 0.29) is 17.8 Å². The fraction of sp³-hybridized carbons (Fsp3) is 0.333. The highest BCUT2D eigenvalue weighted by atomic mass is 32.2. The summed E-state index contributed by atoms with van der Waals surface area (Å²) in [5, 5.41) is 2.84. The van der Waals surface area contributed by atoms with Crippen molar-refractivity contribution in [2.45, 2.75) is 25.4 Å². The molecule has 1 heterocycles. The third-order valence-corrected chi connectivity index (χ3v) is 4.69. The second-order valence-corrected chi connectivity index (χ2v) is 8.18. The Labute approximate surface area is 158 Å². The zero-order valence-electron chi connectivity index (χ0n) is 15.2. The second kappa shape index (κ2) is 7.83. The number of methoxy groups -OCH3 is 1. The Bertz CT molecular complexity index is 914. The van der Waals surface area contributed by atoms with Gasteiger partial charge in [0.2, 0.25) is 10.0 Å². The molecule has 3 rings (SSSR count). The van der Waals surface area contributed by atoms with Gasteiger partial charge in [0.1, 0.15) is 5.75 Å². The first-order valence-corrected chi connectivity index (χ1v) is 10.4. The number of amides is 2. The number of ether oxygens (including phenoxy) is 1. The first-order chi connectivity index (χ1) is 12.9. The molecule has 2 amide bonds. The van der Waals surface area contributed by atoms with Crippen LogP contribution in [0, 0.1) is 0 Å². The summed E-state index contributed by atoms with van der Waals surface area (Å²) in [6.45, 7) is 0.490. The van der Waals surface area contributed by atoms with Crippen LogP contribution in [0.2, 0.25) is 0 Å². The molecule has 0 atom stereocenters. The highest BCUT2D eigenvalue weighted by Gasteiger charge is 2.32. The fourth-order valence-corrected chi connectivity index (χ4v) is 3.26. The van der Waals surface area contributed by atoms with Gasteiger partial charge in [-0.1, -0.05) is 0 Å². The lowest BCUT2D eigenvalue weighted by molar-refractivity contribution is 0.206. The van der Waals surface area contributed by atoms with Crippen LogP contribution in [0.15, 0.2) is 42.7 Å². The van der Waals surface area contributed by atoms with Gasteiger partial charge in [0.15, 0.2) is 0 Å². The molecule has 9 heteroatoms. The first-order valence-electron chi connectivity index (χ1n) is 8.48. The standard InChI is InChI=1S/C18H22N4O4S/c1-26-17-6-3-14(11-16(17)21-27(2,24)25)20-18(23)22(15-4-5-15)12-13-7-9-19-10-8-13/h3,6-11,15,21H,4-5,12H2,1-2H3,(H,20,23). The van der Waals surface area contributed by atoms with Crippen molar-refractivity contribution in [3.63, 3.8) is 0 Å². The van der Waals surface area contributed by atoms with Gasteiger partial charge >= 0.3 is 6.03 Å². The Morgan fingerprint density at radius 2 is 1.96 bits per heavy atom. The monoisotopic (exact) mass is 390 g/mol. The number of rotatable bonds is 7. The van der Waals surface area contributed by atoms with Gasteiger partial charge in [0.05, 0.1) is 19.1 Å². The van der Waals surface area contributed by atoms with Crippen LogP contribution < -0.4 is 14.8 Å². The van der Waals surface area contributed by atoms with Crippen LogP contribution in [-0.4, -0.2) is 43.7 Å². The molecule has 1 saturated carbocycles. The molecule has 27 heavy (non-hydrogen) atoms. The molecular formula is C18H22N4O4S. The maximum atomic E-state index is 12.8. The maximum absolute atomic E-state index is 12.8. The van der Waals surface area contributed by atoms with Crippen molar-refractivity contribution in [2.75, 3.05) is 23.4 Å². The van der Waals surface area contributed by atoms with Crippen molar-refractivity contribution >= 4 is 27.4 Å². The summed E-state index contributed by atoms with van der Waals surface area (Å²) in [7, 11) is -2.03. The highest BCUT2D eigenvalue weighted by molar-refractivity contribution is 7.92. The van der Waals surface area contributed by atoms with Crippen molar-refractivity contribution in [3.05, 3.63) is 48.3 Å². The van der Waals surface area contributed by atoms with Gasteiger partial charge in [-0.2, -0.15) is 0 Å². The van der Waals surface area contributed by atoms with Crippen molar-refractivity contribution in [1.29, 1.82) is 0 Å². The van der Waals surface area contributed by atoms with Crippen LogP contribution in [0.1, 0.15) is 18.4 Å². The molecule has 2 N–H and O–H groups in total. The molecule has 0 bridgehead atoms. The zero-order chi connectivity index (χ0) is 19.4. The number of sulfonamides is 1. The molecule has 1 fully saturated rings. The number of carbonyl (C=O) groups excluding carboxylic acids is 1. The van der Waals surface area contributed by atoms with E-state index in [1.165, 1.54) is 13.2 Å². The van der Waals surface area contributed by atoms with Crippen LogP contribution in [-0.2, 0) is 16.6 Å². The minimum absolute atomic E-state index is 0.213. The van der Waals surface area contributed by atoms with Crippen LogP contribution >= 0.6 is 0 Å². The van der Waals surface area contributed by atoms with E-state index in [1.807, 2.05) is 12.1 Å². The lowest BCUT2D eigenvalue weighted by Gasteiger charge is -2.23. The van der Waals surface area contributed by atoms with Crippen LogP contribution in [0.5, 0.6) is 5.75 Å². The number of hydrogen-bond donors (Lipinski definition) is 2. The molecule has 0 radical (unpaired) electrons. The Kier molecular flexibility index (Phi) is 5.50. The largest absolute Gasteiger partial charge is 0.495 e. The van der Waals surface area contributed by atoms with Gasteiger partial charge in [0, 0.05) is 30.7 Å². The summed E-state index contributed by atoms with van der Waals surface area (Å²) >= 11 is 0. The predicted octanol–water partition coefficient (Wildman–Crippen LogP) is 2.66. The smallest absolute Gasteiger partial charge is 0.322 e. The zero-order valence-corrected chi connectivity index (χ0v) is 16.0. The molecule has 2 aromatic rings. The normalized spacial score (nSPS) is 13.7. The molecule has 0 aliphatic heterocycles. The van der Waals surface area contributed by atoms with Gasteiger partial charge in [-0.15, -0.1) is 0 Å². The molecule has 1 aromatic carbocycles. The van der Waals surface area contributed by atoms with E-state index in [0.717, 1.165) is 24.7 Å². The number of nitrogens with zero attached hydrogens (tertiary/aromatic N) is 2. The van der Waals surface area contributed by atoms with E-state index in [0.29, 0.717) is 18.0 Å². The lowest BCUT2D eigenvalue weighted by atomic mass is 10.2. The quantitative estimate of drug-likeness (QED) is 0.757. The van der Waals surface area contributed by atoms with E-state index in [2.05, 4.69) is 15.0 Å². The van der Waals surface area contributed by atoms with E-state index >= 15 is 0 Å². The van der Waals surface area contributed by atoms with E-state index in [1.54, 1.807) is 29.4 Å². The van der Waals surface area contributed by atoms with E-state index in [9.17, 15) is 13.2 Å². The minimum Gasteiger partial charge on any atom is -0.495 e. The molecule has 8 nitrogen and oxygen atoms in total. The average Bonchev–Trinajstić information content (AvgIpc) is 3.44. The molecular weight excluding hydrogens is 368 g/mol. The molecule has 1 aliphatic carbocycles. The van der Waals surface area contributed by atoms with Crippen LogP contribution in [0.25, 0.3) is 0 Å². The number of aromatic nitrogens is 1. The summed E-state index contributed by atoms with van der Waals surface area (Å²) < 4.78 is 30.7. The van der Waals surface area contributed by atoms with Crippen molar-refractivity contribution in [2.24, 2.45) is 0 Å². The number of pyridine rings is 1. The molecule has 0 saturated heterocycles. The highest BCUT2D eigenvalue weighted by Crippen LogP contribution is 2.31. The van der Waals surface area contributed by atoms with Gasteiger partial charge < -0.3 is 15.0 Å². The predicted molar refractivity (Wildman–Crippen MR) is 103 cm³/mol. The summed E-state index contributed by atoms with van der Waals surface area (Å²) in [6, 6.07) is 8.55. The second-order valence-electron chi connectivity index (χ2n) is 6.43. The number of carbonyl (C=O) groups is 1. The minimum atomic E-state index is -3.47. The van der Waals surface area contributed by atoms with Crippen LogP contribution in [0.3, 0.4) is 0 Å². The third-order valence-electron chi connectivity index (χ3n) is 4.10. The van der Waals surface area contributed by atoms with Crippen LogP contribution in [0.4, 0.5) is 16.2 Å². The molecule has 1 aromatic heterocycles. The van der Waals surface area contributed by atoms with Gasteiger partial charge in [-0.25, -0.2) is 13.2 Å². The molecule has 0 unspecified atom stereocenters. The number of benzene rings is 1. The third kappa shape index (κ3) is 5.33. The Hall–Kier alpha value is -2.81. The first kappa shape index (κ1) is 19.0. The lowest BCUT2D eigenvalue weighted by Crippen LogP contribution is -2.36. The Balaban J connectivity index is 1.76. The fourth-order valence-electron chi connectivity index (χ4n) is 2.70. The number of hydrogen-bond acceptors (Lipinski definition) is 5. The number of anilines is 2. The maximum Gasteiger partial charge on any atom is 0.322 e. The summed E-state index contributed by atoms with van der Waals surface area (Å²) in [4.78, 5) is 18.6. The van der Waals surface area contributed by atoms with Gasteiger partial charge in [-0.3, -0.25) is 9.71 Å².